The lowest BCUT2D eigenvalue weighted by Gasteiger charge is -2.56. The second kappa shape index (κ2) is 10.7. The molecule has 1 aliphatic carbocycles. The molecule has 7 nitrogen and oxygen atoms in total. The van der Waals surface area contributed by atoms with Gasteiger partial charge in [-0.25, -0.2) is 4.98 Å². The normalized spacial score (nSPS) is 21.8. The first kappa shape index (κ1) is 25.9. The standard InChI is InChI=1S/C34H35N5O2/c1-40-31-3-2-14-37-33(31)23-7-5-22(6-8-23)32(35)30-16-26(18-38-34(30)36)25-9-4-21-10-12-27(13-11-24(21)15-25)39-28-17-29(39)20-41-19-28/h2-9,14-16,18,27-29,35H,10-13,17,19-20H2,1H3,(H2,36,38)/t27-,28?,29?/m0/s1. The van der Waals surface area contributed by atoms with Crippen molar-refractivity contribution >= 4 is 11.5 Å². The number of rotatable bonds is 6. The van der Waals surface area contributed by atoms with Gasteiger partial charge in [-0.15, -0.1) is 0 Å². The Bertz CT molecular complexity index is 1590. The van der Waals surface area contributed by atoms with Gasteiger partial charge in [0, 0.05) is 52.8 Å². The van der Waals surface area contributed by atoms with Crippen LogP contribution in [0.3, 0.4) is 0 Å². The quantitative estimate of drug-likeness (QED) is 0.244. The fourth-order valence-corrected chi connectivity index (χ4v) is 6.89. The van der Waals surface area contributed by atoms with Crippen molar-refractivity contribution in [2.75, 3.05) is 26.1 Å². The van der Waals surface area contributed by atoms with E-state index in [4.69, 9.17) is 20.6 Å². The van der Waals surface area contributed by atoms with Gasteiger partial charge in [0.05, 0.1) is 26.0 Å². The molecule has 2 aromatic heterocycles. The SMILES string of the molecule is COc1cccnc1-c1ccc(C(=N)c2cc(-c3ccc4c(c3)CC[C@@H](N3C5COCC3C5)CC4)cnc2N)cc1. The third-order valence-corrected chi connectivity index (χ3v) is 9.09. The number of pyridine rings is 2. The number of nitrogens with two attached hydrogens (primary N) is 1. The van der Waals surface area contributed by atoms with Gasteiger partial charge >= 0.3 is 0 Å². The van der Waals surface area contributed by atoms with E-state index in [1.165, 1.54) is 30.4 Å². The molecule has 2 saturated heterocycles. The van der Waals surface area contributed by atoms with E-state index in [0.717, 1.165) is 54.0 Å². The maximum atomic E-state index is 8.97. The number of hydrogen-bond acceptors (Lipinski definition) is 7. The maximum absolute atomic E-state index is 8.97. The number of ether oxygens (including phenoxy) is 2. The fourth-order valence-electron chi connectivity index (χ4n) is 6.89. The Labute approximate surface area is 240 Å². The van der Waals surface area contributed by atoms with Crippen molar-refractivity contribution in [3.05, 3.63) is 95.3 Å². The summed E-state index contributed by atoms with van der Waals surface area (Å²) in [6, 6.07) is 22.2. The minimum atomic E-state index is 0.345. The highest BCUT2D eigenvalue weighted by atomic mass is 16.5. The van der Waals surface area contributed by atoms with E-state index in [2.05, 4.69) is 33.1 Å². The molecular formula is C34H35N5O2. The first-order chi connectivity index (χ1) is 20.1. The number of hydrogen-bond donors (Lipinski definition) is 2. The molecule has 2 fully saturated rings. The topological polar surface area (TPSA) is 97.3 Å². The number of morpholine rings is 1. The van der Waals surface area contributed by atoms with Gasteiger partial charge in [-0.3, -0.25) is 15.3 Å². The third-order valence-electron chi connectivity index (χ3n) is 9.09. The van der Waals surface area contributed by atoms with Crippen molar-refractivity contribution in [1.82, 2.24) is 14.9 Å². The van der Waals surface area contributed by atoms with Crippen molar-refractivity contribution in [3.63, 3.8) is 0 Å². The summed E-state index contributed by atoms with van der Waals surface area (Å²) in [7, 11) is 1.64. The molecule has 4 heterocycles. The lowest BCUT2D eigenvalue weighted by Crippen LogP contribution is -2.66. The highest BCUT2D eigenvalue weighted by molar-refractivity contribution is 6.14. The van der Waals surface area contributed by atoms with Gasteiger partial charge in [0.25, 0.3) is 0 Å². The van der Waals surface area contributed by atoms with Crippen LogP contribution in [0, 0.1) is 5.41 Å². The lowest BCUT2D eigenvalue weighted by atomic mass is 9.87. The van der Waals surface area contributed by atoms with E-state index < -0.39 is 0 Å². The Morgan fingerprint density at radius 2 is 1.66 bits per heavy atom. The van der Waals surface area contributed by atoms with E-state index in [-0.39, 0.29) is 0 Å². The molecule has 2 bridgehead atoms. The van der Waals surface area contributed by atoms with Crippen molar-refractivity contribution in [2.24, 2.45) is 0 Å². The van der Waals surface area contributed by atoms with Crippen LogP contribution in [-0.2, 0) is 17.6 Å². The second-order valence-corrected chi connectivity index (χ2v) is 11.4. The zero-order chi connectivity index (χ0) is 27.9. The highest BCUT2D eigenvalue weighted by Gasteiger charge is 2.45. The van der Waals surface area contributed by atoms with Gasteiger partial charge in [0.15, 0.2) is 0 Å². The third kappa shape index (κ3) is 4.79. The zero-order valence-corrected chi connectivity index (χ0v) is 23.3. The van der Waals surface area contributed by atoms with Crippen LogP contribution < -0.4 is 10.5 Å². The number of aromatic nitrogens is 2. The van der Waals surface area contributed by atoms with E-state index in [1.54, 1.807) is 13.3 Å². The largest absolute Gasteiger partial charge is 0.494 e. The summed E-state index contributed by atoms with van der Waals surface area (Å²) in [6.07, 6.45) is 9.49. The molecule has 0 saturated carbocycles. The summed E-state index contributed by atoms with van der Waals surface area (Å²) in [6.45, 7) is 1.80. The molecule has 7 rings (SSSR count). The predicted octanol–water partition coefficient (Wildman–Crippen LogP) is 5.54. The lowest BCUT2D eigenvalue weighted by molar-refractivity contribution is -0.148. The Morgan fingerprint density at radius 1 is 0.902 bits per heavy atom. The minimum absolute atomic E-state index is 0.345. The summed E-state index contributed by atoms with van der Waals surface area (Å²) in [5.74, 6) is 1.07. The Hall–Kier alpha value is -4.07. The number of aryl methyl sites for hydroxylation is 2. The Morgan fingerprint density at radius 3 is 2.41 bits per heavy atom. The van der Waals surface area contributed by atoms with E-state index in [1.807, 2.05) is 48.7 Å². The van der Waals surface area contributed by atoms with Crippen molar-refractivity contribution in [3.8, 4) is 28.1 Å². The number of methoxy groups -OCH3 is 1. The number of nitrogens with zero attached hydrogens (tertiary/aromatic N) is 3. The smallest absolute Gasteiger partial charge is 0.145 e. The number of nitrogens with one attached hydrogen (secondary N) is 1. The molecule has 4 aromatic rings. The van der Waals surface area contributed by atoms with Crippen molar-refractivity contribution in [1.29, 1.82) is 5.41 Å². The molecule has 3 atom stereocenters. The van der Waals surface area contributed by atoms with Crippen LogP contribution in [0.15, 0.2) is 73.1 Å². The second-order valence-electron chi connectivity index (χ2n) is 11.4. The molecule has 3 aliphatic rings. The van der Waals surface area contributed by atoms with Crippen molar-refractivity contribution in [2.45, 2.75) is 50.2 Å². The Kier molecular flexibility index (Phi) is 6.77. The maximum Gasteiger partial charge on any atom is 0.145 e. The summed E-state index contributed by atoms with van der Waals surface area (Å²) >= 11 is 0. The molecule has 3 N–H and O–H groups in total. The van der Waals surface area contributed by atoms with Crippen LogP contribution in [0.1, 0.15) is 41.5 Å². The molecule has 0 radical (unpaired) electrons. The molecule has 2 aliphatic heterocycles. The van der Waals surface area contributed by atoms with Crippen LogP contribution in [0.25, 0.3) is 22.4 Å². The molecule has 7 heteroatoms. The van der Waals surface area contributed by atoms with Crippen LogP contribution in [0.2, 0.25) is 0 Å². The first-order valence-corrected chi connectivity index (χ1v) is 14.5. The summed E-state index contributed by atoms with van der Waals surface area (Å²) < 4.78 is 11.2. The summed E-state index contributed by atoms with van der Waals surface area (Å²) in [5, 5.41) is 8.97. The zero-order valence-electron chi connectivity index (χ0n) is 23.3. The summed E-state index contributed by atoms with van der Waals surface area (Å²) in [4.78, 5) is 11.7. The van der Waals surface area contributed by atoms with E-state index in [0.29, 0.717) is 41.0 Å². The molecule has 2 aromatic carbocycles. The van der Waals surface area contributed by atoms with Crippen LogP contribution >= 0.6 is 0 Å². The number of anilines is 1. The monoisotopic (exact) mass is 545 g/mol. The van der Waals surface area contributed by atoms with Crippen molar-refractivity contribution < 1.29 is 9.47 Å². The van der Waals surface area contributed by atoms with Gasteiger partial charge in [0.1, 0.15) is 17.3 Å². The molecule has 0 spiro atoms. The predicted molar refractivity (Wildman–Crippen MR) is 162 cm³/mol. The van der Waals surface area contributed by atoms with Crippen LogP contribution in [-0.4, -0.2) is 59.0 Å². The molecule has 0 amide bonds. The van der Waals surface area contributed by atoms with Gasteiger partial charge < -0.3 is 15.2 Å². The van der Waals surface area contributed by atoms with Gasteiger partial charge in [0.2, 0.25) is 0 Å². The minimum Gasteiger partial charge on any atom is -0.494 e. The highest BCUT2D eigenvalue weighted by Crippen LogP contribution is 2.38. The Balaban J connectivity index is 1.11. The number of benzene rings is 2. The number of nitrogen functional groups attached to an aromatic ring is 1. The molecule has 41 heavy (non-hydrogen) atoms. The molecule has 2 unspecified atom stereocenters. The average Bonchev–Trinajstić information content (AvgIpc) is 3.23. The van der Waals surface area contributed by atoms with Crippen LogP contribution in [0.5, 0.6) is 5.75 Å². The van der Waals surface area contributed by atoms with Gasteiger partial charge in [-0.1, -0.05) is 42.5 Å². The molecular weight excluding hydrogens is 510 g/mol. The fraction of sp³-hybridized carbons (Fsp3) is 0.324. The van der Waals surface area contributed by atoms with E-state index >= 15 is 0 Å². The molecule has 208 valence electrons. The van der Waals surface area contributed by atoms with Crippen LogP contribution in [0.4, 0.5) is 5.82 Å². The van der Waals surface area contributed by atoms with Gasteiger partial charge in [-0.05, 0) is 67.0 Å². The number of fused-ring (bicyclic) bond motifs is 3. The average molecular weight is 546 g/mol. The summed E-state index contributed by atoms with van der Waals surface area (Å²) in [5.41, 5.74) is 14.7. The van der Waals surface area contributed by atoms with E-state index in [9.17, 15) is 0 Å². The van der Waals surface area contributed by atoms with Gasteiger partial charge in [-0.2, -0.15) is 0 Å². The first-order valence-electron chi connectivity index (χ1n) is 14.5.